The number of hydrogen-bond donors (Lipinski definition) is 0. The zero-order valence-corrected chi connectivity index (χ0v) is 16.0. The fourth-order valence-corrected chi connectivity index (χ4v) is 3.86. The van der Waals surface area contributed by atoms with E-state index >= 15 is 0 Å². The second kappa shape index (κ2) is 9.04. The van der Waals surface area contributed by atoms with Crippen molar-refractivity contribution in [1.29, 1.82) is 0 Å². The minimum Gasteiger partial charge on any atom is -0.0654 e. The van der Waals surface area contributed by atoms with Gasteiger partial charge in [-0.05, 0) is 59.9 Å². The molecule has 0 saturated carbocycles. The van der Waals surface area contributed by atoms with Crippen molar-refractivity contribution in [2.45, 2.75) is 71.6 Å². The van der Waals surface area contributed by atoms with E-state index in [1.165, 1.54) is 79.2 Å². The molecule has 0 radical (unpaired) electrons. The molecular formula is C25H32. The highest BCUT2D eigenvalue weighted by atomic mass is 14.2. The van der Waals surface area contributed by atoms with Crippen LogP contribution in [0.5, 0.6) is 0 Å². The number of aryl methyl sites for hydroxylation is 1. The van der Waals surface area contributed by atoms with E-state index in [1.807, 2.05) is 0 Å². The Labute approximate surface area is 154 Å². The van der Waals surface area contributed by atoms with Gasteiger partial charge in [-0.1, -0.05) is 93.6 Å². The third kappa shape index (κ3) is 4.63. The quantitative estimate of drug-likeness (QED) is 0.414. The first-order valence-electron chi connectivity index (χ1n) is 10.2. The van der Waals surface area contributed by atoms with Crippen molar-refractivity contribution in [1.82, 2.24) is 0 Å². The summed E-state index contributed by atoms with van der Waals surface area (Å²) in [6.45, 7) is 4.54. The Morgan fingerprint density at radius 2 is 1.56 bits per heavy atom. The SMILES string of the molecule is CCCCCCC1=Cc2c(cccc2-c2ccc(CCCC)cc2)C1. The lowest BCUT2D eigenvalue weighted by Gasteiger charge is -2.09. The van der Waals surface area contributed by atoms with Crippen molar-refractivity contribution in [3.05, 3.63) is 64.7 Å². The minimum absolute atomic E-state index is 1.16. The van der Waals surface area contributed by atoms with E-state index in [4.69, 9.17) is 0 Å². The highest BCUT2D eigenvalue weighted by Gasteiger charge is 2.16. The molecule has 1 aliphatic carbocycles. The molecule has 2 aromatic carbocycles. The number of fused-ring (bicyclic) bond motifs is 1. The predicted molar refractivity (Wildman–Crippen MR) is 111 cm³/mol. The average molecular weight is 333 g/mol. The van der Waals surface area contributed by atoms with Gasteiger partial charge in [0.15, 0.2) is 0 Å². The van der Waals surface area contributed by atoms with E-state index in [2.05, 4.69) is 62.4 Å². The van der Waals surface area contributed by atoms with Crippen molar-refractivity contribution in [2.75, 3.05) is 0 Å². The van der Waals surface area contributed by atoms with Crippen molar-refractivity contribution in [3.8, 4) is 11.1 Å². The summed E-state index contributed by atoms with van der Waals surface area (Å²) in [6.07, 6.45) is 14.0. The number of benzene rings is 2. The summed E-state index contributed by atoms with van der Waals surface area (Å²) < 4.78 is 0. The smallest absolute Gasteiger partial charge is 0.00576 e. The van der Waals surface area contributed by atoms with Crippen LogP contribution in [0.15, 0.2) is 48.0 Å². The fraction of sp³-hybridized carbons (Fsp3) is 0.440. The number of rotatable bonds is 9. The zero-order valence-electron chi connectivity index (χ0n) is 16.0. The maximum atomic E-state index is 2.47. The van der Waals surface area contributed by atoms with Crippen LogP contribution in [-0.4, -0.2) is 0 Å². The molecule has 0 nitrogen and oxygen atoms in total. The number of hydrogen-bond acceptors (Lipinski definition) is 0. The second-order valence-electron chi connectivity index (χ2n) is 7.47. The van der Waals surface area contributed by atoms with Gasteiger partial charge >= 0.3 is 0 Å². The fourth-order valence-electron chi connectivity index (χ4n) is 3.86. The molecule has 0 aliphatic heterocycles. The van der Waals surface area contributed by atoms with Gasteiger partial charge in [-0.15, -0.1) is 0 Å². The summed E-state index contributed by atoms with van der Waals surface area (Å²) in [6, 6.07) is 16.1. The Morgan fingerprint density at radius 3 is 2.32 bits per heavy atom. The molecular weight excluding hydrogens is 300 g/mol. The van der Waals surface area contributed by atoms with Gasteiger partial charge in [0, 0.05) is 0 Å². The summed E-state index contributed by atoms with van der Waals surface area (Å²) in [5.74, 6) is 0. The highest BCUT2D eigenvalue weighted by Crippen LogP contribution is 2.35. The van der Waals surface area contributed by atoms with Crippen LogP contribution < -0.4 is 0 Å². The van der Waals surface area contributed by atoms with Crippen LogP contribution in [0.3, 0.4) is 0 Å². The molecule has 0 fully saturated rings. The largest absolute Gasteiger partial charge is 0.0654 e. The molecule has 0 heterocycles. The van der Waals surface area contributed by atoms with Crippen LogP contribution in [0.2, 0.25) is 0 Å². The highest BCUT2D eigenvalue weighted by molar-refractivity contribution is 5.80. The van der Waals surface area contributed by atoms with Gasteiger partial charge in [0.25, 0.3) is 0 Å². The number of unbranched alkanes of at least 4 members (excludes halogenated alkanes) is 4. The van der Waals surface area contributed by atoms with Gasteiger partial charge in [-0.3, -0.25) is 0 Å². The van der Waals surface area contributed by atoms with Crippen LogP contribution in [0.25, 0.3) is 17.2 Å². The zero-order chi connectivity index (χ0) is 17.5. The van der Waals surface area contributed by atoms with Crippen molar-refractivity contribution < 1.29 is 0 Å². The van der Waals surface area contributed by atoms with E-state index in [0.717, 1.165) is 6.42 Å². The van der Waals surface area contributed by atoms with Crippen molar-refractivity contribution in [3.63, 3.8) is 0 Å². The Morgan fingerprint density at radius 1 is 0.760 bits per heavy atom. The lowest BCUT2D eigenvalue weighted by atomic mass is 9.96. The number of allylic oxidation sites excluding steroid dienone is 1. The summed E-state index contributed by atoms with van der Waals surface area (Å²) in [4.78, 5) is 0. The molecule has 0 aromatic heterocycles. The Balaban J connectivity index is 1.74. The monoisotopic (exact) mass is 332 g/mol. The standard InChI is InChI=1S/C25H32/c1-3-5-7-8-11-21-18-23-12-9-13-24(25(23)19-21)22-16-14-20(15-17-22)10-6-4-2/h9,12-17,19H,3-8,10-11,18H2,1-2H3. The van der Waals surface area contributed by atoms with Crippen LogP contribution in [-0.2, 0) is 12.8 Å². The van der Waals surface area contributed by atoms with E-state index in [9.17, 15) is 0 Å². The molecule has 0 N–H and O–H groups in total. The molecule has 1 aliphatic rings. The van der Waals surface area contributed by atoms with Gasteiger partial charge in [0.1, 0.15) is 0 Å². The van der Waals surface area contributed by atoms with Gasteiger partial charge in [-0.2, -0.15) is 0 Å². The van der Waals surface area contributed by atoms with Crippen LogP contribution in [0.1, 0.15) is 75.5 Å². The molecule has 0 spiro atoms. The van der Waals surface area contributed by atoms with Crippen LogP contribution in [0, 0.1) is 0 Å². The van der Waals surface area contributed by atoms with Gasteiger partial charge in [0.05, 0.1) is 0 Å². The predicted octanol–water partition coefficient (Wildman–Crippen LogP) is 7.61. The average Bonchev–Trinajstić information content (AvgIpc) is 3.07. The maximum absolute atomic E-state index is 2.47. The lowest BCUT2D eigenvalue weighted by molar-refractivity contribution is 0.662. The van der Waals surface area contributed by atoms with Crippen molar-refractivity contribution >= 4 is 6.08 Å². The van der Waals surface area contributed by atoms with Gasteiger partial charge in [-0.25, -0.2) is 0 Å². The molecule has 2 aromatic rings. The van der Waals surface area contributed by atoms with E-state index in [-0.39, 0.29) is 0 Å². The molecule has 0 saturated heterocycles. The first-order chi connectivity index (χ1) is 12.3. The molecule has 0 atom stereocenters. The van der Waals surface area contributed by atoms with Crippen molar-refractivity contribution in [2.24, 2.45) is 0 Å². The summed E-state index contributed by atoms with van der Waals surface area (Å²) in [7, 11) is 0. The third-order valence-electron chi connectivity index (χ3n) is 5.40. The van der Waals surface area contributed by atoms with E-state index < -0.39 is 0 Å². The third-order valence-corrected chi connectivity index (χ3v) is 5.40. The van der Waals surface area contributed by atoms with Crippen LogP contribution in [0.4, 0.5) is 0 Å². The van der Waals surface area contributed by atoms with Crippen LogP contribution >= 0.6 is 0 Å². The van der Waals surface area contributed by atoms with E-state index in [0.29, 0.717) is 0 Å². The molecule has 0 bridgehead atoms. The molecule has 25 heavy (non-hydrogen) atoms. The Kier molecular flexibility index (Phi) is 6.50. The Bertz CT molecular complexity index is 703. The lowest BCUT2D eigenvalue weighted by Crippen LogP contribution is -1.89. The molecule has 0 unspecified atom stereocenters. The summed E-state index contributed by atoms with van der Waals surface area (Å²) in [5, 5.41) is 0. The van der Waals surface area contributed by atoms with E-state index in [1.54, 1.807) is 5.57 Å². The first kappa shape index (κ1) is 18.0. The normalized spacial score (nSPS) is 13.0. The second-order valence-corrected chi connectivity index (χ2v) is 7.47. The molecule has 0 amide bonds. The molecule has 0 heteroatoms. The minimum atomic E-state index is 1.16. The summed E-state index contributed by atoms with van der Waals surface area (Å²) >= 11 is 0. The molecule has 132 valence electrons. The molecule has 3 rings (SSSR count). The topological polar surface area (TPSA) is 0 Å². The maximum Gasteiger partial charge on any atom is -0.00576 e. The van der Waals surface area contributed by atoms with Gasteiger partial charge < -0.3 is 0 Å². The Hall–Kier alpha value is -1.82. The summed E-state index contributed by atoms with van der Waals surface area (Å²) in [5.41, 5.74) is 8.83. The first-order valence-corrected chi connectivity index (χ1v) is 10.2. The van der Waals surface area contributed by atoms with Gasteiger partial charge in [0.2, 0.25) is 0 Å².